The zero-order valence-electron chi connectivity index (χ0n) is 17.1. The van der Waals surface area contributed by atoms with Crippen LogP contribution in [0.3, 0.4) is 0 Å². The second-order valence-electron chi connectivity index (χ2n) is 8.12. The molecule has 1 atom stereocenters. The number of amides is 1. The molecule has 2 aromatic rings. The number of thioether (sulfide) groups is 1. The van der Waals surface area contributed by atoms with Crippen molar-refractivity contribution >= 4 is 38.5 Å². The van der Waals surface area contributed by atoms with Gasteiger partial charge >= 0.3 is 6.18 Å². The van der Waals surface area contributed by atoms with E-state index in [0.29, 0.717) is 35.6 Å². The first kappa shape index (κ1) is 22.4. The van der Waals surface area contributed by atoms with E-state index in [4.69, 9.17) is 0 Å². The van der Waals surface area contributed by atoms with Crippen molar-refractivity contribution in [3.8, 4) is 0 Å². The first-order valence-electron chi connectivity index (χ1n) is 10.3. The molecule has 1 aromatic heterocycles. The number of aryl methyl sites for hydroxylation is 1. The van der Waals surface area contributed by atoms with Crippen LogP contribution in [-0.4, -0.2) is 58.1 Å². The van der Waals surface area contributed by atoms with E-state index in [1.54, 1.807) is 9.47 Å². The second-order valence-corrected chi connectivity index (χ2v) is 11.3. The molecular formula is C20H24F3N3O3S2. The minimum atomic E-state index is -4.44. The van der Waals surface area contributed by atoms with Crippen LogP contribution in [0.15, 0.2) is 23.4 Å². The molecule has 1 amide bonds. The van der Waals surface area contributed by atoms with Gasteiger partial charge in [0.2, 0.25) is 5.91 Å². The SMILES string of the molecule is CCCn1c(SCC(=O)N(C2CC2)[C@@H]2CCS(=O)(=O)C2)nc2ccc(C(F)(F)F)cc21. The average Bonchev–Trinajstić information content (AvgIpc) is 3.37. The highest BCUT2D eigenvalue weighted by Gasteiger charge is 2.42. The molecule has 1 aliphatic carbocycles. The maximum Gasteiger partial charge on any atom is 0.416 e. The number of hydrogen-bond acceptors (Lipinski definition) is 5. The van der Waals surface area contributed by atoms with Crippen molar-refractivity contribution in [1.29, 1.82) is 0 Å². The van der Waals surface area contributed by atoms with E-state index in [2.05, 4.69) is 4.98 Å². The van der Waals surface area contributed by atoms with Crippen LogP contribution in [0, 0.1) is 0 Å². The number of carbonyl (C=O) groups excluding carboxylic acids is 1. The van der Waals surface area contributed by atoms with Crippen LogP contribution in [0.5, 0.6) is 0 Å². The van der Waals surface area contributed by atoms with Gasteiger partial charge in [-0.15, -0.1) is 0 Å². The summed E-state index contributed by atoms with van der Waals surface area (Å²) in [6.45, 7) is 2.41. The zero-order valence-corrected chi connectivity index (χ0v) is 18.7. The van der Waals surface area contributed by atoms with Gasteiger partial charge in [0.25, 0.3) is 0 Å². The molecular weight excluding hydrogens is 451 g/mol. The number of benzene rings is 1. The molecule has 0 radical (unpaired) electrons. The van der Waals surface area contributed by atoms with E-state index in [0.717, 1.165) is 25.0 Å². The lowest BCUT2D eigenvalue weighted by molar-refractivity contribution is -0.137. The molecule has 6 nitrogen and oxygen atoms in total. The van der Waals surface area contributed by atoms with Gasteiger partial charge in [0, 0.05) is 18.6 Å². The van der Waals surface area contributed by atoms with Crippen molar-refractivity contribution in [2.24, 2.45) is 0 Å². The molecule has 1 aliphatic heterocycles. The van der Waals surface area contributed by atoms with Crippen LogP contribution < -0.4 is 0 Å². The van der Waals surface area contributed by atoms with Gasteiger partial charge in [-0.25, -0.2) is 13.4 Å². The highest BCUT2D eigenvalue weighted by Crippen LogP contribution is 2.35. The van der Waals surface area contributed by atoms with Crippen molar-refractivity contribution in [3.63, 3.8) is 0 Å². The summed E-state index contributed by atoms with van der Waals surface area (Å²) >= 11 is 1.20. The Balaban J connectivity index is 1.55. The predicted molar refractivity (Wildman–Crippen MR) is 113 cm³/mol. The van der Waals surface area contributed by atoms with Gasteiger partial charge in [-0.1, -0.05) is 18.7 Å². The molecule has 170 valence electrons. The number of carbonyl (C=O) groups is 1. The summed E-state index contributed by atoms with van der Waals surface area (Å²) in [6, 6.07) is 3.28. The molecule has 1 saturated carbocycles. The molecule has 1 saturated heterocycles. The Hall–Kier alpha value is -1.75. The van der Waals surface area contributed by atoms with E-state index >= 15 is 0 Å². The number of hydrogen-bond donors (Lipinski definition) is 0. The summed E-state index contributed by atoms with van der Waals surface area (Å²) in [4.78, 5) is 19.2. The van der Waals surface area contributed by atoms with Gasteiger partial charge in [-0.3, -0.25) is 4.79 Å². The molecule has 2 fully saturated rings. The number of fused-ring (bicyclic) bond motifs is 1. The van der Waals surface area contributed by atoms with Crippen molar-refractivity contribution in [3.05, 3.63) is 23.8 Å². The topological polar surface area (TPSA) is 72.3 Å². The van der Waals surface area contributed by atoms with Crippen molar-refractivity contribution < 1.29 is 26.4 Å². The summed E-state index contributed by atoms with van der Waals surface area (Å²) in [5.41, 5.74) is 0.122. The molecule has 1 aromatic carbocycles. The second kappa shape index (κ2) is 8.31. The van der Waals surface area contributed by atoms with E-state index in [-0.39, 0.29) is 35.2 Å². The Kier molecular flexibility index (Phi) is 6.01. The van der Waals surface area contributed by atoms with Crippen LogP contribution >= 0.6 is 11.8 Å². The monoisotopic (exact) mass is 475 g/mol. The van der Waals surface area contributed by atoms with Gasteiger partial charge in [0.1, 0.15) is 0 Å². The van der Waals surface area contributed by atoms with Gasteiger partial charge in [0.05, 0.1) is 33.9 Å². The Morgan fingerprint density at radius 1 is 1.26 bits per heavy atom. The number of imidazole rings is 1. The first-order chi connectivity index (χ1) is 14.6. The largest absolute Gasteiger partial charge is 0.416 e. The van der Waals surface area contributed by atoms with E-state index in [9.17, 15) is 26.4 Å². The lowest BCUT2D eigenvalue weighted by Gasteiger charge is -2.28. The highest BCUT2D eigenvalue weighted by molar-refractivity contribution is 7.99. The molecule has 0 N–H and O–H groups in total. The molecule has 2 aliphatic rings. The van der Waals surface area contributed by atoms with Crippen LogP contribution in [0.4, 0.5) is 13.2 Å². The van der Waals surface area contributed by atoms with Crippen molar-refractivity contribution in [2.75, 3.05) is 17.3 Å². The molecule has 0 unspecified atom stereocenters. The van der Waals surface area contributed by atoms with Crippen molar-refractivity contribution in [2.45, 2.75) is 62.6 Å². The smallest absolute Gasteiger partial charge is 0.335 e. The first-order valence-corrected chi connectivity index (χ1v) is 13.1. The fourth-order valence-corrected chi connectivity index (χ4v) is 6.70. The molecule has 2 heterocycles. The molecule has 31 heavy (non-hydrogen) atoms. The Labute approximate surface area is 183 Å². The predicted octanol–water partition coefficient (Wildman–Crippen LogP) is 3.74. The zero-order chi connectivity index (χ0) is 22.4. The molecule has 0 spiro atoms. The summed E-state index contributed by atoms with van der Waals surface area (Å²) < 4.78 is 64.9. The fourth-order valence-electron chi connectivity index (χ4n) is 4.08. The van der Waals surface area contributed by atoms with Gasteiger partial charge in [0.15, 0.2) is 15.0 Å². The fraction of sp³-hybridized carbons (Fsp3) is 0.600. The number of nitrogens with zero attached hydrogens (tertiary/aromatic N) is 3. The summed E-state index contributed by atoms with van der Waals surface area (Å²) in [6.07, 6.45) is -1.52. The number of sulfone groups is 1. The third-order valence-electron chi connectivity index (χ3n) is 5.64. The highest BCUT2D eigenvalue weighted by atomic mass is 32.2. The van der Waals surface area contributed by atoms with E-state index < -0.39 is 21.6 Å². The quantitative estimate of drug-likeness (QED) is 0.571. The number of aromatic nitrogens is 2. The Bertz CT molecular complexity index is 1090. The summed E-state index contributed by atoms with van der Waals surface area (Å²) in [5.74, 6) is 0.0521. The lowest BCUT2D eigenvalue weighted by Crippen LogP contribution is -2.43. The van der Waals surface area contributed by atoms with Crippen LogP contribution in [-0.2, 0) is 27.4 Å². The summed E-state index contributed by atoms with van der Waals surface area (Å²) in [7, 11) is -3.10. The standard InChI is InChI=1S/C20H24F3N3O3S2/c1-2-8-25-17-10-13(20(21,22)23)3-6-16(17)24-19(25)30-11-18(27)26(14-4-5-14)15-7-9-31(28,29)12-15/h3,6,10,14-15H,2,4-5,7-9,11-12H2,1H3/t15-/m1/s1. The number of rotatable bonds is 7. The molecule has 4 rings (SSSR count). The number of alkyl halides is 3. The summed E-state index contributed by atoms with van der Waals surface area (Å²) in [5, 5.41) is 0.499. The normalized spacial score (nSPS) is 21.0. The Morgan fingerprint density at radius 3 is 2.58 bits per heavy atom. The Morgan fingerprint density at radius 2 is 2.00 bits per heavy atom. The molecule has 11 heteroatoms. The third-order valence-corrected chi connectivity index (χ3v) is 8.35. The van der Waals surface area contributed by atoms with Crippen LogP contribution in [0.2, 0.25) is 0 Å². The van der Waals surface area contributed by atoms with Gasteiger partial charge in [-0.05, 0) is 43.9 Å². The van der Waals surface area contributed by atoms with E-state index in [1.165, 1.54) is 17.8 Å². The van der Waals surface area contributed by atoms with Crippen molar-refractivity contribution in [1.82, 2.24) is 14.5 Å². The maximum absolute atomic E-state index is 13.1. The van der Waals surface area contributed by atoms with Crippen LogP contribution in [0.25, 0.3) is 11.0 Å². The molecule has 0 bridgehead atoms. The average molecular weight is 476 g/mol. The van der Waals surface area contributed by atoms with Gasteiger partial charge < -0.3 is 9.47 Å². The lowest BCUT2D eigenvalue weighted by atomic mass is 10.2. The van der Waals surface area contributed by atoms with Gasteiger partial charge in [-0.2, -0.15) is 13.2 Å². The minimum Gasteiger partial charge on any atom is -0.335 e. The third kappa shape index (κ3) is 4.87. The van der Waals surface area contributed by atoms with Crippen LogP contribution in [0.1, 0.15) is 38.2 Å². The minimum absolute atomic E-state index is 0.00841. The number of halogens is 3. The van der Waals surface area contributed by atoms with E-state index in [1.807, 2.05) is 6.92 Å². The maximum atomic E-state index is 13.1.